The molecule has 1 heterocycles. The molecule has 0 radical (unpaired) electrons. The number of sulfonamides is 1. The molecule has 0 saturated carbocycles. The molecule has 0 spiro atoms. The summed E-state index contributed by atoms with van der Waals surface area (Å²) >= 11 is 1.23. The van der Waals surface area contributed by atoms with E-state index in [1.807, 2.05) is 23.6 Å². The van der Waals surface area contributed by atoms with E-state index in [0.29, 0.717) is 17.2 Å². The average molecular weight is 421 g/mol. The van der Waals surface area contributed by atoms with Gasteiger partial charge in [-0.2, -0.15) is 10.5 Å². The van der Waals surface area contributed by atoms with E-state index in [1.165, 1.54) is 28.8 Å². The largest absolute Gasteiger partial charge is 0.340 e. The van der Waals surface area contributed by atoms with Crippen LogP contribution in [0.15, 0.2) is 28.3 Å². The van der Waals surface area contributed by atoms with E-state index in [4.69, 9.17) is 15.7 Å². The molecule has 28 heavy (non-hydrogen) atoms. The fourth-order valence-corrected chi connectivity index (χ4v) is 4.14. The number of nitrogens with two attached hydrogens (primary N) is 1. The number of hydrogen-bond acceptors (Lipinski definition) is 7. The molecule has 2 rings (SSSR count). The second kappa shape index (κ2) is 9.55. The number of rotatable bonds is 9. The number of nitriles is 2. The van der Waals surface area contributed by atoms with Crippen LogP contribution in [0.4, 0.5) is 0 Å². The number of carbonyl (C=O) groups excluding carboxylic acids is 1. The van der Waals surface area contributed by atoms with Gasteiger partial charge in [-0.05, 0) is 25.1 Å². The van der Waals surface area contributed by atoms with Gasteiger partial charge in [-0.15, -0.1) is 0 Å². The summed E-state index contributed by atoms with van der Waals surface area (Å²) in [6, 6.07) is 8.48. The number of aryl methyl sites for hydroxylation is 1. The Morgan fingerprint density at radius 1 is 1.29 bits per heavy atom. The maximum absolute atomic E-state index is 12.5. The molecule has 11 heteroatoms. The molecule has 0 aliphatic carbocycles. The van der Waals surface area contributed by atoms with Crippen LogP contribution >= 0.6 is 11.8 Å². The maximum atomic E-state index is 12.5. The Kier molecular flexibility index (Phi) is 7.40. The first-order chi connectivity index (χ1) is 13.3. The molecule has 0 fully saturated rings. The summed E-state index contributed by atoms with van der Waals surface area (Å²) in [6.45, 7) is 3.07. The maximum Gasteiger partial charge on any atom is 0.238 e. The lowest BCUT2D eigenvalue weighted by Crippen LogP contribution is -2.34. The van der Waals surface area contributed by atoms with E-state index in [2.05, 4.69) is 4.98 Å². The van der Waals surface area contributed by atoms with Crippen LogP contribution in [0, 0.1) is 22.7 Å². The Balaban J connectivity index is 2.21. The van der Waals surface area contributed by atoms with Gasteiger partial charge >= 0.3 is 0 Å². The van der Waals surface area contributed by atoms with E-state index in [0.717, 1.165) is 5.52 Å². The van der Waals surface area contributed by atoms with Crippen molar-refractivity contribution in [1.29, 1.82) is 10.5 Å². The quantitative estimate of drug-likeness (QED) is 0.604. The number of imidazole rings is 1. The third-order valence-electron chi connectivity index (χ3n) is 3.99. The smallest absolute Gasteiger partial charge is 0.238 e. The van der Waals surface area contributed by atoms with Gasteiger partial charge < -0.3 is 9.47 Å². The Morgan fingerprint density at radius 3 is 2.46 bits per heavy atom. The minimum Gasteiger partial charge on any atom is -0.340 e. The summed E-state index contributed by atoms with van der Waals surface area (Å²) < 4.78 is 25.0. The van der Waals surface area contributed by atoms with Crippen LogP contribution in [-0.4, -0.2) is 47.6 Å². The molecule has 1 amide bonds. The van der Waals surface area contributed by atoms with Gasteiger partial charge in [-0.1, -0.05) is 11.8 Å². The number of primary sulfonamides is 1. The van der Waals surface area contributed by atoms with Crippen molar-refractivity contribution in [3.8, 4) is 12.1 Å². The molecule has 0 atom stereocenters. The number of hydrogen-bond donors (Lipinski definition) is 1. The van der Waals surface area contributed by atoms with Gasteiger partial charge in [0, 0.05) is 19.6 Å². The van der Waals surface area contributed by atoms with Crippen molar-refractivity contribution in [1.82, 2.24) is 14.5 Å². The molecule has 2 N–H and O–H groups in total. The number of carbonyl (C=O) groups is 1. The lowest BCUT2D eigenvalue weighted by atomic mass is 10.3. The van der Waals surface area contributed by atoms with Crippen molar-refractivity contribution in [2.45, 2.75) is 36.4 Å². The van der Waals surface area contributed by atoms with E-state index in [1.54, 1.807) is 6.07 Å². The van der Waals surface area contributed by atoms with Crippen molar-refractivity contribution in [3.05, 3.63) is 18.2 Å². The van der Waals surface area contributed by atoms with Gasteiger partial charge in [0.1, 0.15) is 0 Å². The molecule has 1 aromatic carbocycles. The molecule has 0 aliphatic heterocycles. The summed E-state index contributed by atoms with van der Waals surface area (Å²) in [5.41, 5.74) is 1.23. The highest BCUT2D eigenvalue weighted by molar-refractivity contribution is 7.99. The number of thioether (sulfide) groups is 1. The van der Waals surface area contributed by atoms with Crippen LogP contribution in [0.25, 0.3) is 11.0 Å². The molecule has 148 valence electrons. The Bertz CT molecular complexity index is 1030. The zero-order valence-electron chi connectivity index (χ0n) is 15.3. The van der Waals surface area contributed by atoms with Gasteiger partial charge in [0.25, 0.3) is 0 Å². The number of amides is 1. The van der Waals surface area contributed by atoms with Crippen LogP contribution in [-0.2, 0) is 21.4 Å². The standard InChI is InChI=1S/C17H20N6O3S2/c1-2-23-15-6-5-13(28(20,25)26)11-14(15)21-17(23)27-12-16(24)22(9-3-7-18)10-4-8-19/h5-6,11H,2-4,9-10,12H2,1H3,(H2,20,25,26). The zero-order chi connectivity index (χ0) is 20.7. The second-order valence-electron chi connectivity index (χ2n) is 5.82. The molecule has 0 bridgehead atoms. The first-order valence-electron chi connectivity index (χ1n) is 8.49. The number of fused-ring (bicyclic) bond motifs is 1. The monoisotopic (exact) mass is 420 g/mol. The third kappa shape index (κ3) is 5.23. The predicted molar refractivity (Wildman–Crippen MR) is 105 cm³/mol. The highest BCUT2D eigenvalue weighted by Gasteiger charge is 2.18. The van der Waals surface area contributed by atoms with Crippen LogP contribution < -0.4 is 5.14 Å². The first kappa shape index (κ1) is 21.7. The van der Waals surface area contributed by atoms with Crippen molar-refractivity contribution in [3.63, 3.8) is 0 Å². The molecular weight excluding hydrogens is 400 g/mol. The van der Waals surface area contributed by atoms with Crippen LogP contribution in [0.2, 0.25) is 0 Å². The topological polar surface area (TPSA) is 146 Å². The second-order valence-corrected chi connectivity index (χ2v) is 8.32. The highest BCUT2D eigenvalue weighted by atomic mass is 32.2. The normalized spacial score (nSPS) is 11.1. The number of aromatic nitrogens is 2. The fourth-order valence-electron chi connectivity index (χ4n) is 2.63. The van der Waals surface area contributed by atoms with E-state index >= 15 is 0 Å². The molecule has 1 aromatic heterocycles. The van der Waals surface area contributed by atoms with Gasteiger partial charge in [-0.3, -0.25) is 4.79 Å². The van der Waals surface area contributed by atoms with Gasteiger partial charge in [-0.25, -0.2) is 18.5 Å². The van der Waals surface area contributed by atoms with Crippen molar-refractivity contribution < 1.29 is 13.2 Å². The summed E-state index contributed by atoms with van der Waals surface area (Å²) in [7, 11) is -3.83. The predicted octanol–water partition coefficient (Wildman–Crippen LogP) is 1.45. The molecular formula is C17H20N6O3S2. The summed E-state index contributed by atoms with van der Waals surface area (Å²) in [5, 5.41) is 23.2. The molecule has 0 aliphatic rings. The SMILES string of the molecule is CCn1c(SCC(=O)N(CCC#N)CCC#N)nc2cc(S(N)(=O)=O)ccc21. The Labute approximate surface area is 167 Å². The number of benzene rings is 1. The van der Waals surface area contributed by atoms with Crippen LogP contribution in [0.3, 0.4) is 0 Å². The lowest BCUT2D eigenvalue weighted by molar-refractivity contribution is -0.128. The Morgan fingerprint density at radius 2 is 1.93 bits per heavy atom. The molecule has 9 nitrogen and oxygen atoms in total. The van der Waals surface area contributed by atoms with Gasteiger partial charge in [0.05, 0.1) is 46.7 Å². The number of nitrogens with zero attached hydrogens (tertiary/aromatic N) is 5. The van der Waals surface area contributed by atoms with Crippen LogP contribution in [0.1, 0.15) is 19.8 Å². The molecule has 2 aromatic rings. The van der Waals surface area contributed by atoms with Gasteiger partial charge in [0.2, 0.25) is 15.9 Å². The van der Waals surface area contributed by atoms with E-state index in [9.17, 15) is 13.2 Å². The summed E-state index contributed by atoms with van der Waals surface area (Å²) in [6.07, 6.45) is 0.400. The molecule has 0 unspecified atom stereocenters. The summed E-state index contributed by atoms with van der Waals surface area (Å²) in [4.78, 5) is 18.4. The minimum atomic E-state index is -3.83. The van der Waals surface area contributed by atoms with E-state index in [-0.39, 0.29) is 42.5 Å². The van der Waals surface area contributed by atoms with Crippen molar-refractivity contribution in [2.24, 2.45) is 5.14 Å². The third-order valence-corrected chi connectivity index (χ3v) is 5.87. The summed E-state index contributed by atoms with van der Waals surface area (Å²) in [5.74, 6) is -0.0854. The molecule has 0 saturated heterocycles. The Hall–Kier alpha value is -2.60. The van der Waals surface area contributed by atoms with E-state index < -0.39 is 10.0 Å². The zero-order valence-corrected chi connectivity index (χ0v) is 17.0. The highest BCUT2D eigenvalue weighted by Crippen LogP contribution is 2.26. The average Bonchev–Trinajstić information content (AvgIpc) is 3.02. The first-order valence-corrected chi connectivity index (χ1v) is 11.0. The van der Waals surface area contributed by atoms with Gasteiger partial charge in [0.15, 0.2) is 5.16 Å². The van der Waals surface area contributed by atoms with Crippen LogP contribution in [0.5, 0.6) is 0 Å². The van der Waals surface area contributed by atoms with Crippen molar-refractivity contribution >= 4 is 38.7 Å². The lowest BCUT2D eigenvalue weighted by Gasteiger charge is -2.20. The fraction of sp³-hybridized carbons (Fsp3) is 0.412. The van der Waals surface area contributed by atoms with Crippen molar-refractivity contribution in [2.75, 3.05) is 18.8 Å². The minimum absolute atomic E-state index is 0.0208.